The molecular formula is C12H10N6OS. The molecule has 0 radical (unpaired) electrons. The number of hydrogen-bond acceptors (Lipinski definition) is 5. The van der Waals surface area contributed by atoms with Crippen LogP contribution >= 0.6 is 12.2 Å². The fourth-order valence-corrected chi connectivity index (χ4v) is 1.84. The maximum Gasteiger partial charge on any atom is 0.258 e. The van der Waals surface area contributed by atoms with Crippen LogP contribution in [0.1, 0.15) is 10.4 Å². The van der Waals surface area contributed by atoms with E-state index in [1.165, 1.54) is 4.52 Å². The normalized spacial score (nSPS) is 10.7. The van der Waals surface area contributed by atoms with E-state index in [2.05, 4.69) is 20.4 Å². The summed E-state index contributed by atoms with van der Waals surface area (Å²) in [6.45, 7) is 0. The zero-order chi connectivity index (χ0) is 14.1. The zero-order valence-electron chi connectivity index (χ0n) is 10.5. The summed E-state index contributed by atoms with van der Waals surface area (Å²) in [6.07, 6.45) is 1.55. The molecule has 0 saturated heterocycles. The van der Waals surface area contributed by atoms with Gasteiger partial charge in [0, 0.05) is 12.6 Å². The second-order valence-corrected chi connectivity index (χ2v) is 4.47. The van der Waals surface area contributed by atoms with E-state index in [0.29, 0.717) is 16.1 Å². The summed E-state index contributed by atoms with van der Waals surface area (Å²) >= 11 is 5.19. The van der Waals surface area contributed by atoms with Crippen LogP contribution < -0.4 is 5.32 Å². The topological polar surface area (TPSA) is 77.1 Å². The number of aromatic nitrogens is 5. The molecule has 0 bridgehead atoms. The van der Waals surface area contributed by atoms with Crippen LogP contribution in [0.5, 0.6) is 0 Å². The second-order valence-electron chi connectivity index (χ2n) is 4.11. The molecule has 1 aromatic carbocycles. The summed E-state index contributed by atoms with van der Waals surface area (Å²) < 4.78 is 3.48. The molecule has 3 aromatic rings. The predicted molar refractivity (Wildman–Crippen MR) is 75.0 cm³/mol. The number of carbonyl (C=O) groups excluding carboxylic acids is 1. The Hall–Kier alpha value is -2.61. The molecule has 8 heteroatoms. The van der Waals surface area contributed by atoms with Crippen LogP contribution in [-0.2, 0) is 7.05 Å². The summed E-state index contributed by atoms with van der Waals surface area (Å²) in [4.78, 5) is 20.2. The lowest BCUT2D eigenvalue weighted by atomic mass is 10.2. The molecule has 0 atom stereocenters. The van der Waals surface area contributed by atoms with E-state index in [4.69, 9.17) is 12.2 Å². The molecule has 3 rings (SSSR count). The SMILES string of the molecule is Cn1cnc2nc(NC(=O)c3ccccc3)nn2c1=S. The highest BCUT2D eigenvalue weighted by Crippen LogP contribution is 2.06. The quantitative estimate of drug-likeness (QED) is 0.721. The van der Waals surface area contributed by atoms with Crippen molar-refractivity contribution in [2.45, 2.75) is 0 Å². The largest absolute Gasteiger partial charge is 0.311 e. The van der Waals surface area contributed by atoms with Gasteiger partial charge in [0.05, 0.1) is 0 Å². The van der Waals surface area contributed by atoms with Crippen LogP contribution in [-0.4, -0.2) is 30.1 Å². The molecule has 0 aliphatic rings. The highest BCUT2D eigenvalue weighted by molar-refractivity contribution is 7.71. The molecule has 0 spiro atoms. The van der Waals surface area contributed by atoms with Gasteiger partial charge in [-0.1, -0.05) is 18.2 Å². The Bertz CT molecular complexity index is 838. The van der Waals surface area contributed by atoms with Gasteiger partial charge in [-0.15, -0.1) is 5.10 Å². The first kappa shape index (κ1) is 12.4. The van der Waals surface area contributed by atoms with Crippen LogP contribution in [0.4, 0.5) is 5.95 Å². The first-order chi connectivity index (χ1) is 9.65. The molecule has 0 aliphatic carbocycles. The number of nitrogens with zero attached hydrogens (tertiary/aromatic N) is 5. The average molecular weight is 286 g/mol. The third-order valence-corrected chi connectivity index (χ3v) is 3.14. The maximum absolute atomic E-state index is 12.0. The number of carbonyl (C=O) groups is 1. The van der Waals surface area contributed by atoms with Crippen LogP contribution in [0.15, 0.2) is 36.7 Å². The molecular weight excluding hydrogens is 276 g/mol. The Balaban J connectivity index is 1.94. The number of fused-ring (bicyclic) bond motifs is 1. The van der Waals surface area contributed by atoms with Gasteiger partial charge in [0.1, 0.15) is 6.33 Å². The smallest absolute Gasteiger partial charge is 0.258 e. The van der Waals surface area contributed by atoms with E-state index in [1.54, 1.807) is 42.2 Å². The average Bonchev–Trinajstić information content (AvgIpc) is 2.87. The first-order valence-corrected chi connectivity index (χ1v) is 6.21. The number of hydrogen-bond donors (Lipinski definition) is 1. The second kappa shape index (κ2) is 4.82. The highest BCUT2D eigenvalue weighted by atomic mass is 32.1. The minimum Gasteiger partial charge on any atom is -0.311 e. The van der Waals surface area contributed by atoms with Crippen molar-refractivity contribution in [1.82, 2.24) is 24.1 Å². The van der Waals surface area contributed by atoms with E-state index < -0.39 is 0 Å². The van der Waals surface area contributed by atoms with Gasteiger partial charge in [0.25, 0.3) is 17.6 Å². The Morgan fingerprint density at radius 2 is 2.05 bits per heavy atom. The van der Waals surface area contributed by atoms with Crippen molar-refractivity contribution in [3.63, 3.8) is 0 Å². The molecule has 0 unspecified atom stereocenters. The summed E-state index contributed by atoms with van der Waals surface area (Å²) in [7, 11) is 1.76. The lowest BCUT2D eigenvalue weighted by molar-refractivity contribution is 0.102. The molecule has 0 aliphatic heterocycles. The van der Waals surface area contributed by atoms with E-state index in [1.807, 2.05) is 6.07 Å². The van der Waals surface area contributed by atoms with Gasteiger partial charge in [0.2, 0.25) is 4.77 Å². The van der Waals surface area contributed by atoms with E-state index >= 15 is 0 Å². The number of benzene rings is 1. The fourth-order valence-electron chi connectivity index (χ4n) is 1.67. The lowest BCUT2D eigenvalue weighted by Gasteiger charge is -1.99. The third kappa shape index (κ3) is 2.16. The Morgan fingerprint density at radius 1 is 1.30 bits per heavy atom. The van der Waals surface area contributed by atoms with E-state index in [0.717, 1.165) is 0 Å². The first-order valence-electron chi connectivity index (χ1n) is 5.80. The van der Waals surface area contributed by atoms with Gasteiger partial charge >= 0.3 is 0 Å². The van der Waals surface area contributed by atoms with Crippen LogP contribution in [0.25, 0.3) is 5.78 Å². The van der Waals surface area contributed by atoms with Crippen molar-refractivity contribution in [3.05, 3.63) is 47.0 Å². The van der Waals surface area contributed by atoms with Crippen LogP contribution in [0.2, 0.25) is 0 Å². The number of nitrogens with one attached hydrogen (secondary N) is 1. The van der Waals surface area contributed by atoms with E-state index in [-0.39, 0.29) is 11.9 Å². The zero-order valence-corrected chi connectivity index (χ0v) is 11.3. The Kier molecular flexibility index (Phi) is 2.99. The molecule has 20 heavy (non-hydrogen) atoms. The van der Waals surface area contributed by atoms with E-state index in [9.17, 15) is 4.79 Å². The summed E-state index contributed by atoms with van der Waals surface area (Å²) in [6, 6.07) is 8.83. The van der Waals surface area contributed by atoms with Crippen molar-refractivity contribution < 1.29 is 4.79 Å². The van der Waals surface area contributed by atoms with Crippen molar-refractivity contribution in [3.8, 4) is 0 Å². The third-order valence-electron chi connectivity index (χ3n) is 2.68. The molecule has 2 heterocycles. The number of aryl methyl sites for hydroxylation is 1. The molecule has 7 nitrogen and oxygen atoms in total. The van der Waals surface area contributed by atoms with Gasteiger partial charge in [-0.05, 0) is 24.4 Å². The van der Waals surface area contributed by atoms with Gasteiger partial charge in [-0.2, -0.15) is 9.50 Å². The van der Waals surface area contributed by atoms with Gasteiger partial charge in [-0.3, -0.25) is 10.1 Å². The van der Waals surface area contributed by atoms with Crippen molar-refractivity contribution in [2.24, 2.45) is 7.05 Å². The number of amides is 1. The minimum absolute atomic E-state index is 0.170. The van der Waals surface area contributed by atoms with Crippen molar-refractivity contribution in [1.29, 1.82) is 0 Å². The lowest BCUT2D eigenvalue weighted by Crippen LogP contribution is -2.12. The Morgan fingerprint density at radius 3 is 2.80 bits per heavy atom. The Labute approximate surface area is 118 Å². The standard InChI is InChI=1S/C12H10N6OS/c1-17-7-13-11-15-10(16-18(11)12(17)20)14-9(19)8-5-3-2-4-6-8/h2-7H,1H3,(H,14,16,19). The molecule has 1 N–H and O–H groups in total. The minimum atomic E-state index is -0.281. The van der Waals surface area contributed by atoms with Crippen molar-refractivity contribution in [2.75, 3.05) is 5.32 Å². The number of rotatable bonds is 2. The van der Waals surface area contributed by atoms with Gasteiger partial charge in [-0.25, -0.2) is 4.98 Å². The molecule has 100 valence electrons. The van der Waals surface area contributed by atoms with Crippen LogP contribution in [0.3, 0.4) is 0 Å². The van der Waals surface area contributed by atoms with Gasteiger partial charge in [0.15, 0.2) is 0 Å². The van der Waals surface area contributed by atoms with Crippen molar-refractivity contribution >= 4 is 29.9 Å². The molecule has 0 saturated carbocycles. The van der Waals surface area contributed by atoms with Crippen LogP contribution in [0, 0.1) is 4.77 Å². The monoisotopic (exact) mass is 286 g/mol. The molecule has 1 amide bonds. The molecule has 0 fully saturated rings. The van der Waals surface area contributed by atoms with Gasteiger partial charge < -0.3 is 4.57 Å². The predicted octanol–water partition coefficient (Wildman–Crippen LogP) is 1.44. The number of anilines is 1. The fraction of sp³-hybridized carbons (Fsp3) is 0.0833. The highest BCUT2D eigenvalue weighted by Gasteiger charge is 2.11. The summed E-state index contributed by atoms with van der Waals surface area (Å²) in [5.41, 5.74) is 0.531. The molecule has 2 aromatic heterocycles. The maximum atomic E-state index is 12.0. The summed E-state index contributed by atoms with van der Waals surface area (Å²) in [5.74, 6) is 0.233. The summed E-state index contributed by atoms with van der Waals surface area (Å²) in [5, 5.41) is 6.74.